The van der Waals surface area contributed by atoms with Crippen molar-refractivity contribution < 1.29 is 47.9 Å². The van der Waals surface area contributed by atoms with Crippen molar-refractivity contribution in [3.8, 4) is 0 Å². The molecular formula is C58H103N17O10. The van der Waals surface area contributed by atoms with Crippen LogP contribution in [-0.4, -0.2) is 145 Å². The van der Waals surface area contributed by atoms with E-state index in [4.69, 9.17) is 34.4 Å². The van der Waals surface area contributed by atoms with Crippen molar-refractivity contribution >= 4 is 71.0 Å². The van der Waals surface area contributed by atoms with E-state index in [9.17, 15) is 47.9 Å². The second-order valence-electron chi connectivity index (χ2n) is 23.7. The highest BCUT2D eigenvalue weighted by Crippen LogP contribution is 2.15. The van der Waals surface area contributed by atoms with E-state index in [-0.39, 0.29) is 113 Å². The maximum atomic E-state index is 14.5. The first kappa shape index (κ1) is 75.4. The quantitative estimate of drug-likeness (QED) is 0.0216. The third-order valence-corrected chi connectivity index (χ3v) is 13.3. The largest absolute Gasteiger partial charge is 0.370 e. The molecule has 0 saturated carbocycles. The van der Waals surface area contributed by atoms with Crippen LogP contribution in [0, 0.1) is 29.6 Å². The van der Waals surface area contributed by atoms with Gasteiger partial charge in [-0.1, -0.05) is 99.6 Å². The van der Waals surface area contributed by atoms with Gasteiger partial charge >= 0.3 is 0 Å². The Balaban J connectivity index is 3.62. The number of amides is 10. The summed E-state index contributed by atoms with van der Waals surface area (Å²) in [6, 6.07) is -1.84. The summed E-state index contributed by atoms with van der Waals surface area (Å²) < 4.78 is 0. The van der Waals surface area contributed by atoms with E-state index in [0.29, 0.717) is 19.3 Å². The van der Waals surface area contributed by atoms with Gasteiger partial charge in [0.2, 0.25) is 59.1 Å². The topological polar surface area (TPSA) is 460 Å². The van der Waals surface area contributed by atoms with Crippen LogP contribution in [-0.2, 0) is 54.4 Å². The summed E-state index contributed by atoms with van der Waals surface area (Å²) in [7, 11) is 0. The molecule has 1 rings (SSSR count). The maximum Gasteiger partial charge on any atom is 0.243 e. The smallest absolute Gasteiger partial charge is 0.243 e. The number of rotatable bonds is 41. The van der Waals surface area contributed by atoms with E-state index in [0.717, 1.165) is 5.56 Å². The van der Waals surface area contributed by atoms with Crippen molar-refractivity contribution in [2.24, 2.45) is 74.0 Å². The molecule has 1 aromatic rings. The summed E-state index contributed by atoms with van der Waals surface area (Å²) in [5, 5.41) is 24.7. The maximum absolute atomic E-state index is 14.5. The van der Waals surface area contributed by atoms with E-state index in [1.807, 2.05) is 55.4 Å². The molecule has 0 bridgehead atoms. The van der Waals surface area contributed by atoms with Crippen LogP contribution in [0.2, 0.25) is 0 Å². The molecule has 0 heterocycles. The Kier molecular flexibility index (Phi) is 35.4. The molecule has 85 heavy (non-hydrogen) atoms. The minimum Gasteiger partial charge on any atom is -0.370 e. The fourth-order valence-electron chi connectivity index (χ4n) is 9.12. The summed E-state index contributed by atoms with van der Waals surface area (Å²) >= 11 is 0. The summed E-state index contributed by atoms with van der Waals surface area (Å²) in [6.07, 6.45) is 2.09. The highest BCUT2D eigenvalue weighted by molar-refractivity contribution is 5.98. The second-order valence-corrected chi connectivity index (χ2v) is 23.7. The van der Waals surface area contributed by atoms with Crippen molar-refractivity contribution in [3.05, 3.63) is 35.9 Å². The second kappa shape index (κ2) is 39.9. The van der Waals surface area contributed by atoms with Crippen LogP contribution >= 0.6 is 0 Å². The van der Waals surface area contributed by atoms with Crippen molar-refractivity contribution in [3.63, 3.8) is 0 Å². The van der Waals surface area contributed by atoms with Crippen molar-refractivity contribution in [1.29, 1.82) is 0 Å². The number of primary amides is 1. The number of carbonyl (C=O) groups excluding carboxylic acids is 10. The number of nitrogens with one attached hydrogen (secondary N) is 9. The Morgan fingerprint density at radius 3 is 1.05 bits per heavy atom. The van der Waals surface area contributed by atoms with Gasteiger partial charge in [-0.3, -0.25) is 57.9 Å². The van der Waals surface area contributed by atoms with Gasteiger partial charge in [-0.05, 0) is 112 Å². The SMILES string of the molecule is CC(=O)N[C@@H](CC(C)C)C(=O)N[C@@H](CC(C)C)C(=O)N[C@@H](CC(C)C)C(=O)N[C@@H](CC(C)C)C(=O)N[C@@H](CCCN=C(N)N)C(=O)N[C@H](C(=O)N[C@@H](CCCCN)C(=O)N[C@@H](CCCN=C(N)N)C(=O)N[C@@H](Cc1ccccc1)C(N)=O)C(C)C. The highest BCUT2D eigenvalue weighted by atomic mass is 16.2. The Morgan fingerprint density at radius 2 is 0.718 bits per heavy atom. The van der Waals surface area contributed by atoms with Gasteiger partial charge in [0.05, 0.1) is 0 Å². The molecule has 0 aliphatic rings. The molecule has 21 N–H and O–H groups in total. The predicted octanol–water partition coefficient (Wildman–Crippen LogP) is -0.826. The molecule has 0 radical (unpaired) electrons. The van der Waals surface area contributed by atoms with Gasteiger partial charge in [-0.15, -0.1) is 0 Å². The molecule has 480 valence electrons. The van der Waals surface area contributed by atoms with Gasteiger partial charge in [-0.25, -0.2) is 0 Å². The molecule has 0 aliphatic carbocycles. The summed E-state index contributed by atoms with van der Waals surface area (Å²) in [4.78, 5) is 146. The van der Waals surface area contributed by atoms with E-state index in [2.05, 4.69) is 57.8 Å². The average molecular weight is 1200 g/mol. The first-order chi connectivity index (χ1) is 39.8. The number of hydrogen-bond acceptors (Lipinski definition) is 13. The zero-order valence-corrected chi connectivity index (χ0v) is 52.0. The van der Waals surface area contributed by atoms with E-state index >= 15 is 0 Å². The predicted molar refractivity (Wildman–Crippen MR) is 328 cm³/mol. The Labute approximate surface area is 502 Å². The minimum atomic E-state index is -1.33. The number of benzene rings is 1. The van der Waals surface area contributed by atoms with Gasteiger partial charge in [0.25, 0.3) is 0 Å². The summed E-state index contributed by atoms with van der Waals surface area (Å²) in [6.45, 7) is 20.0. The van der Waals surface area contributed by atoms with Gasteiger partial charge < -0.3 is 82.3 Å². The first-order valence-electron chi connectivity index (χ1n) is 29.7. The number of aliphatic imine (C=N–C) groups is 2. The molecule has 0 fully saturated rings. The lowest BCUT2D eigenvalue weighted by molar-refractivity contribution is -0.136. The average Bonchev–Trinajstić information content (AvgIpc) is 3.61. The van der Waals surface area contributed by atoms with Crippen LogP contribution in [0.25, 0.3) is 0 Å². The van der Waals surface area contributed by atoms with Gasteiger partial charge in [0.1, 0.15) is 54.4 Å². The monoisotopic (exact) mass is 1200 g/mol. The molecule has 27 nitrogen and oxygen atoms in total. The summed E-state index contributed by atoms with van der Waals surface area (Å²) in [5.74, 6) is -8.24. The van der Waals surface area contributed by atoms with Crippen LogP contribution in [0.4, 0.5) is 0 Å². The van der Waals surface area contributed by atoms with Gasteiger partial charge in [-0.2, -0.15) is 0 Å². The number of guanidine groups is 2. The minimum absolute atomic E-state index is 0.00822. The van der Waals surface area contributed by atoms with Crippen LogP contribution in [0.15, 0.2) is 40.3 Å². The normalized spacial score (nSPS) is 14.5. The van der Waals surface area contributed by atoms with E-state index < -0.39 is 119 Å². The fourth-order valence-corrected chi connectivity index (χ4v) is 9.12. The lowest BCUT2D eigenvalue weighted by Crippen LogP contribution is -2.61. The van der Waals surface area contributed by atoms with Gasteiger partial charge in [0, 0.05) is 26.4 Å². The highest BCUT2D eigenvalue weighted by Gasteiger charge is 2.36. The zero-order chi connectivity index (χ0) is 64.5. The molecule has 1 aromatic carbocycles. The third-order valence-electron chi connectivity index (χ3n) is 13.3. The Morgan fingerprint density at radius 1 is 0.400 bits per heavy atom. The first-order valence-corrected chi connectivity index (χ1v) is 29.7. The fraction of sp³-hybridized carbons (Fsp3) is 0.690. The molecule has 9 atom stereocenters. The zero-order valence-electron chi connectivity index (χ0n) is 52.0. The molecule has 27 heteroatoms. The van der Waals surface area contributed by atoms with Crippen LogP contribution in [0.3, 0.4) is 0 Å². The molecule has 0 unspecified atom stereocenters. The van der Waals surface area contributed by atoms with Crippen molar-refractivity contribution in [2.75, 3.05) is 19.6 Å². The van der Waals surface area contributed by atoms with Crippen molar-refractivity contribution in [2.45, 2.75) is 208 Å². The van der Waals surface area contributed by atoms with E-state index in [1.165, 1.54) is 6.92 Å². The van der Waals surface area contributed by atoms with E-state index in [1.54, 1.807) is 44.2 Å². The van der Waals surface area contributed by atoms with Crippen molar-refractivity contribution in [1.82, 2.24) is 47.9 Å². The molecular weight excluding hydrogens is 1090 g/mol. The molecule has 0 aromatic heterocycles. The number of nitrogens with two attached hydrogens (primary N) is 6. The number of hydrogen-bond donors (Lipinski definition) is 15. The molecule has 0 spiro atoms. The Bertz CT molecular complexity index is 2360. The molecule has 10 amide bonds. The van der Waals surface area contributed by atoms with Crippen LogP contribution in [0.1, 0.15) is 152 Å². The number of carbonyl (C=O) groups is 10. The third kappa shape index (κ3) is 31.8. The lowest BCUT2D eigenvalue weighted by Gasteiger charge is -2.30. The number of unbranched alkanes of at least 4 members (excludes halogenated alkanes) is 1. The van der Waals surface area contributed by atoms with Crippen LogP contribution < -0.4 is 82.3 Å². The Hall–Kier alpha value is -7.58. The van der Waals surface area contributed by atoms with Gasteiger partial charge in [0.15, 0.2) is 11.9 Å². The van der Waals surface area contributed by atoms with Crippen LogP contribution in [0.5, 0.6) is 0 Å². The standard InChI is InChI=1S/C58H103N17O10/c1-32(2)27-43(67-37(11)76)52(81)72-45(29-34(5)6)54(83)74-46(30-35(7)8)55(84)73-44(28-33(3)4)53(82)69-41(23-18-26-66-58(63)64)51(80)75-47(36(9)10)56(85)70-39(21-15-16-24-59)49(78)68-40(22-17-25-65-57(61)62)50(79)71-42(48(60)77)31-38-19-13-12-14-20-38/h12-14,19-20,32-36,39-47H,15-18,21-31,59H2,1-11H3,(H2,60,77)(H,67,76)(H,68,78)(H,69,82)(H,70,85)(H,71,79)(H,72,81)(H,73,84)(H,74,83)(H,75,80)(H4,61,62,65)(H4,63,64,66)/t39-,40-,41-,42-,43-,44-,45-,46-,47-/m0/s1. The molecule has 0 aliphatic heterocycles. The lowest BCUT2D eigenvalue weighted by atomic mass is 9.97. The number of nitrogens with zero attached hydrogens (tertiary/aromatic N) is 2. The summed E-state index contributed by atoms with van der Waals surface area (Å²) in [5.41, 5.74) is 34.5. The molecule has 0 saturated heterocycles.